The SMILES string of the molecule is O=c1cccccc1N1CCN(CCCl)CC1. The lowest BCUT2D eigenvalue weighted by molar-refractivity contribution is 0.272. The summed E-state index contributed by atoms with van der Waals surface area (Å²) in [4.78, 5) is 16.3. The first-order valence-corrected chi connectivity index (χ1v) is 6.47. The molecule has 1 saturated heterocycles. The second-order valence-electron chi connectivity index (χ2n) is 4.18. The number of halogens is 1. The van der Waals surface area contributed by atoms with Crippen molar-refractivity contribution in [2.75, 3.05) is 43.5 Å². The number of nitrogens with zero attached hydrogens (tertiary/aromatic N) is 2. The van der Waals surface area contributed by atoms with Gasteiger partial charge in [0.25, 0.3) is 0 Å². The van der Waals surface area contributed by atoms with Gasteiger partial charge < -0.3 is 4.90 Å². The quantitative estimate of drug-likeness (QED) is 0.760. The van der Waals surface area contributed by atoms with Gasteiger partial charge in [-0.3, -0.25) is 9.69 Å². The predicted octanol–water partition coefficient (Wildman–Crippen LogP) is 1.41. The highest BCUT2D eigenvalue weighted by molar-refractivity contribution is 6.18. The highest BCUT2D eigenvalue weighted by atomic mass is 35.5. The van der Waals surface area contributed by atoms with Gasteiger partial charge in [0.15, 0.2) is 0 Å². The minimum atomic E-state index is 0.0980. The molecule has 17 heavy (non-hydrogen) atoms. The molecule has 2 rings (SSSR count). The summed E-state index contributed by atoms with van der Waals surface area (Å²) in [7, 11) is 0. The molecule has 1 aromatic rings. The second-order valence-corrected chi connectivity index (χ2v) is 4.56. The molecular formula is C13H17ClN2O. The number of anilines is 1. The van der Waals surface area contributed by atoms with Crippen LogP contribution in [-0.2, 0) is 0 Å². The molecule has 1 aliphatic heterocycles. The van der Waals surface area contributed by atoms with E-state index in [4.69, 9.17) is 11.6 Å². The number of alkyl halides is 1. The maximum Gasteiger partial charge on any atom is 0.201 e. The number of piperazine rings is 1. The van der Waals surface area contributed by atoms with E-state index in [1.807, 2.05) is 18.2 Å². The Bertz CT molecular complexity index is 416. The second kappa shape index (κ2) is 6.03. The molecule has 4 heteroatoms. The Morgan fingerprint density at radius 3 is 2.47 bits per heavy atom. The Morgan fingerprint density at radius 1 is 1.06 bits per heavy atom. The average Bonchev–Trinajstić information content (AvgIpc) is 2.56. The third-order valence-electron chi connectivity index (χ3n) is 3.09. The van der Waals surface area contributed by atoms with E-state index in [9.17, 15) is 4.79 Å². The van der Waals surface area contributed by atoms with E-state index >= 15 is 0 Å². The molecule has 1 fully saturated rings. The maximum absolute atomic E-state index is 11.8. The van der Waals surface area contributed by atoms with Crippen LogP contribution in [0.1, 0.15) is 0 Å². The van der Waals surface area contributed by atoms with E-state index in [0.29, 0.717) is 5.88 Å². The molecule has 0 atom stereocenters. The Labute approximate surface area is 107 Å². The average molecular weight is 253 g/mol. The van der Waals surface area contributed by atoms with Crippen LogP contribution < -0.4 is 10.3 Å². The van der Waals surface area contributed by atoms with E-state index < -0.39 is 0 Å². The van der Waals surface area contributed by atoms with Gasteiger partial charge in [-0.2, -0.15) is 0 Å². The molecule has 92 valence electrons. The lowest BCUT2D eigenvalue weighted by Crippen LogP contribution is -2.47. The summed E-state index contributed by atoms with van der Waals surface area (Å²) < 4.78 is 0. The van der Waals surface area contributed by atoms with Gasteiger partial charge in [0.2, 0.25) is 5.43 Å². The zero-order valence-electron chi connectivity index (χ0n) is 9.81. The third-order valence-corrected chi connectivity index (χ3v) is 3.26. The number of rotatable bonds is 3. The lowest BCUT2D eigenvalue weighted by atomic mass is 10.2. The molecule has 3 nitrogen and oxygen atoms in total. The van der Waals surface area contributed by atoms with Crippen molar-refractivity contribution >= 4 is 17.3 Å². The molecule has 0 radical (unpaired) electrons. The van der Waals surface area contributed by atoms with E-state index in [2.05, 4.69) is 9.80 Å². The van der Waals surface area contributed by atoms with Crippen LogP contribution in [0.15, 0.2) is 35.1 Å². The zero-order valence-corrected chi connectivity index (χ0v) is 10.6. The Balaban J connectivity index is 2.06. The van der Waals surface area contributed by atoms with Gasteiger partial charge in [-0.15, -0.1) is 11.6 Å². The largest absolute Gasteiger partial charge is 0.366 e. The van der Waals surface area contributed by atoms with Crippen LogP contribution in [-0.4, -0.2) is 43.5 Å². The predicted molar refractivity (Wildman–Crippen MR) is 72.1 cm³/mol. The topological polar surface area (TPSA) is 23.6 Å². The molecule has 0 N–H and O–H groups in total. The fourth-order valence-corrected chi connectivity index (χ4v) is 2.35. The molecule has 0 aliphatic carbocycles. The molecule has 1 aromatic carbocycles. The van der Waals surface area contributed by atoms with Gasteiger partial charge in [0.1, 0.15) is 0 Å². The van der Waals surface area contributed by atoms with E-state index in [-0.39, 0.29) is 5.43 Å². The molecule has 0 aromatic heterocycles. The minimum Gasteiger partial charge on any atom is -0.366 e. The molecule has 0 bridgehead atoms. The summed E-state index contributed by atoms with van der Waals surface area (Å²) in [5.41, 5.74) is 0.904. The van der Waals surface area contributed by atoms with Crippen molar-refractivity contribution < 1.29 is 0 Å². The van der Waals surface area contributed by atoms with Crippen molar-refractivity contribution in [3.63, 3.8) is 0 Å². The first-order chi connectivity index (χ1) is 8.31. The van der Waals surface area contributed by atoms with Crippen molar-refractivity contribution in [1.82, 2.24) is 4.90 Å². The molecular weight excluding hydrogens is 236 g/mol. The standard InChI is InChI=1S/C13H17ClN2O/c14-6-7-15-8-10-16(11-9-15)12-4-2-1-3-5-13(12)17/h1-5H,6-11H2. The summed E-state index contributed by atoms with van der Waals surface area (Å²) in [6.45, 7) is 4.68. The van der Waals surface area contributed by atoms with Crippen molar-refractivity contribution in [2.45, 2.75) is 0 Å². The summed E-state index contributed by atoms with van der Waals surface area (Å²) in [5, 5.41) is 0. The molecule has 1 heterocycles. The van der Waals surface area contributed by atoms with Crippen LogP contribution in [0.2, 0.25) is 0 Å². The molecule has 1 aliphatic rings. The van der Waals surface area contributed by atoms with Crippen molar-refractivity contribution in [2.24, 2.45) is 0 Å². The van der Waals surface area contributed by atoms with Gasteiger partial charge in [0, 0.05) is 38.6 Å². The third kappa shape index (κ3) is 3.20. The van der Waals surface area contributed by atoms with Crippen LogP contribution in [0, 0.1) is 0 Å². The van der Waals surface area contributed by atoms with Crippen LogP contribution >= 0.6 is 11.6 Å². The molecule has 0 saturated carbocycles. The molecule has 0 unspecified atom stereocenters. The highest BCUT2D eigenvalue weighted by Gasteiger charge is 2.17. The summed E-state index contributed by atoms with van der Waals surface area (Å²) >= 11 is 5.73. The maximum atomic E-state index is 11.8. The van der Waals surface area contributed by atoms with Crippen LogP contribution in [0.3, 0.4) is 0 Å². The number of hydrogen-bond acceptors (Lipinski definition) is 3. The summed E-state index contributed by atoms with van der Waals surface area (Å²) in [6.07, 6.45) is 0. The van der Waals surface area contributed by atoms with Gasteiger partial charge >= 0.3 is 0 Å². The van der Waals surface area contributed by atoms with E-state index in [1.165, 1.54) is 0 Å². The fraction of sp³-hybridized carbons (Fsp3) is 0.462. The van der Waals surface area contributed by atoms with Crippen LogP contribution in [0.25, 0.3) is 0 Å². The van der Waals surface area contributed by atoms with Crippen molar-refractivity contribution in [3.8, 4) is 0 Å². The minimum absolute atomic E-state index is 0.0980. The fourth-order valence-electron chi connectivity index (χ4n) is 2.11. The van der Waals surface area contributed by atoms with E-state index in [0.717, 1.165) is 38.4 Å². The molecule has 0 spiro atoms. The normalized spacial score (nSPS) is 17.1. The van der Waals surface area contributed by atoms with E-state index in [1.54, 1.807) is 12.1 Å². The van der Waals surface area contributed by atoms with Gasteiger partial charge in [-0.25, -0.2) is 0 Å². The lowest BCUT2D eigenvalue weighted by Gasteiger charge is -2.35. The highest BCUT2D eigenvalue weighted by Crippen LogP contribution is 2.10. The Hall–Kier alpha value is -1.06. The van der Waals surface area contributed by atoms with Crippen LogP contribution in [0.4, 0.5) is 5.69 Å². The van der Waals surface area contributed by atoms with Gasteiger partial charge in [-0.05, 0) is 12.1 Å². The smallest absolute Gasteiger partial charge is 0.201 e. The monoisotopic (exact) mass is 252 g/mol. The number of hydrogen-bond donors (Lipinski definition) is 0. The first-order valence-electron chi connectivity index (χ1n) is 5.94. The summed E-state index contributed by atoms with van der Waals surface area (Å²) in [5.74, 6) is 0.674. The Kier molecular flexibility index (Phi) is 4.40. The Morgan fingerprint density at radius 2 is 1.76 bits per heavy atom. The van der Waals surface area contributed by atoms with Crippen molar-refractivity contribution in [3.05, 3.63) is 40.6 Å². The zero-order chi connectivity index (χ0) is 12.1. The van der Waals surface area contributed by atoms with Gasteiger partial charge in [-0.1, -0.05) is 18.2 Å². The van der Waals surface area contributed by atoms with Crippen LogP contribution in [0.5, 0.6) is 0 Å². The van der Waals surface area contributed by atoms with Gasteiger partial charge in [0.05, 0.1) is 5.69 Å². The molecule has 0 amide bonds. The summed E-state index contributed by atoms with van der Waals surface area (Å²) in [6, 6.07) is 9.12. The first kappa shape index (κ1) is 12.4. The van der Waals surface area contributed by atoms with Crippen molar-refractivity contribution in [1.29, 1.82) is 0 Å².